The van der Waals surface area contributed by atoms with E-state index in [9.17, 15) is 4.79 Å². The Hall–Kier alpha value is -1.60. The fourth-order valence-electron chi connectivity index (χ4n) is 4.49. The lowest BCUT2D eigenvalue weighted by molar-refractivity contribution is 0.0465. The number of hydrogen-bond acceptors (Lipinski definition) is 5. The third kappa shape index (κ3) is 5.31. The van der Waals surface area contributed by atoms with Crippen molar-refractivity contribution in [3.63, 3.8) is 0 Å². The smallest absolute Gasteiger partial charge is 0.410 e. The van der Waals surface area contributed by atoms with Gasteiger partial charge in [0.1, 0.15) is 19.3 Å². The first-order valence-electron chi connectivity index (χ1n) is 10.6. The van der Waals surface area contributed by atoms with Crippen LogP contribution in [0.5, 0.6) is 11.5 Å². The predicted molar refractivity (Wildman–Crippen MR) is 117 cm³/mol. The number of rotatable bonds is 6. The number of para-hydroxylation sites is 2. The van der Waals surface area contributed by atoms with E-state index in [-0.39, 0.29) is 31.7 Å². The van der Waals surface area contributed by atoms with Gasteiger partial charge in [0.2, 0.25) is 0 Å². The topological polar surface area (TPSA) is 51.2 Å². The molecule has 0 radical (unpaired) electrons. The molecule has 0 spiro atoms. The molecule has 1 aromatic rings. The second-order valence-electron chi connectivity index (χ2n) is 8.61. The van der Waals surface area contributed by atoms with Crippen LogP contribution in [0.15, 0.2) is 24.3 Å². The highest BCUT2D eigenvalue weighted by molar-refractivity contribution is 7.59. The molecule has 29 heavy (non-hydrogen) atoms. The molecule has 0 saturated carbocycles. The van der Waals surface area contributed by atoms with Crippen molar-refractivity contribution >= 4 is 19.6 Å². The molecule has 1 amide bonds. The van der Waals surface area contributed by atoms with E-state index >= 15 is 0 Å². The van der Waals surface area contributed by atoms with Crippen molar-refractivity contribution in [1.82, 2.24) is 9.80 Å². The van der Waals surface area contributed by atoms with Crippen LogP contribution >= 0.6 is 13.5 Å². The first-order chi connectivity index (χ1) is 13.6. The highest BCUT2D eigenvalue weighted by Crippen LogP contribution is 2.31. The molecule has 0 aromatic heterocycles. The van der Waals surface area contributed by atoms with E-state index in [2.05, 4.69) is 18.7 Å². The minimum atomic E-state index is -0.133. The van der Waals surface area contributed by atoms with Gasteiger partial charge >= 0.3 is 6.09 Å². The number of likely N-dealkylation sites (tertiary alicyclic amines) is 1. The van der Waals surface area contributed by atoms with Gasteiger partial charge in [-0.15, -0.1) is 0 Å². The number of hydrogen-bond donors (Lipinski definition) is 0. The maximum atomic E-state index is 12.0. The Morgan fingerprint density at radius 1 is 1.07 bits per heavy atom. The Kier molecular flexibility index (Phi) is 7.57. The van der Waals surface area contributed by atoms with Crippen molar-refractivity contribution in [3.05, 3.63) is 24.3 Å². The quantitative estimate of drug-likeness (QED) is 0.702. The first-order valence-corrected chi connectivity index (χ1v) is 10.6. The molecule has 0 aliphatic carbocycles. The second-order valence-corrected chi connectivity index (χ2v) is 8.61. The van der Waals surface area contributed by atoms with Gasteiger partial charge in [-0.3, -0.25) is 4.90 Å². The summed E-state index contributed by atoms with van der Waals surface area (Å²) in [6, 6.07) is 8.12. The van der Waals surface area contributed by atoms with Crippen LogP contribution in [0.1, 0.15) is 33.1 Å². The number of nitrogens with zero attached hydrogens (tertiary/aromatic N) is 2. The van der Waals surface area contributed by atoms with Crippen LogP contribution in [-0.2, 0) is 4.74 Å². The van der Waals surface area contributed by atoms with E-state index in [0.717, 1.165) is 44.1 Å². The number of cyclic esters (lactones) is 1. The van der Waals surface area contributed by atoms with Crippen LogP contribution in [0, 0.1) is 11.8 Å². The van der Waals surface area contributed by atoms with Gasteiger partial charge in [-0.05, 0) is 56.3 Å². The standard InChI is InChI=1S/C22H32N2O4.H2S/c1-16(2)19-15-27-22(25)24(19)12-9-17-7-10-23(11-8-17)13-18-14-26-20-5-3-4-6-21(20)28-18;/h3-6,16-19H,7-15H2,1-2H3;1H2/t18-,19+;/m0./s1. The van der Waals surface area contributed by atoms with Crippen LogP contribution < -0.4 is 9.47 Å². The van der Waals surface area contributed by atoms with Gasteiger partial charge in [-0.25, -0.2) is 4.79 Å². The molecule has 2 saturated heterocycles. The molecule has 6 nitrogen and oxygen atoms in total. The Morgan fingerprint density at radius 2 is 1.79 bits per heavy atom. The third-order valence-electron chi connectivity index (χ3n) is 6.30. The molecular formula is C22H34N2O4S. The van der Waals surface area contributed by atoms with Crippen molar-refractivity contribution < 1.29 is 19.0 Å². The zero-order valence-electron chi connectivity index (χ0n) is 17.5. The van der Waals surface area contributed by atoms with Crippen molar-refractivity contribution in [2.45, 2.75) is 45.3 Å². The van der Waals surface area contributed by atoms with Crippen LogP contribution in [0.4, 0.5) is 4.79 Å². The van der Waals surface area contributed by atoms with Crippen molar-refractivity contribution in [1.29, 1.82) is 0 Å². The maximum Gasteiger partial charge on any atom is 0.410 e. The lowest BCUT2D eigenvalue weighted by Crippen LogP contribution is -2.44. The van der Waals surface area contributed by atoms with E-state index in [1.165, 1.54) is 12.8 Å². The summed E-state index contributed by atoms with van der Waals surface area (Å²) in [6.07, 6.45) is 3.39. The Bertz CT molecular complexity index is 679. The van der Waals surface area contributed by atoms with E-state index in [4.69, 9.17) is 14.2 Å². The highest BCUT2D eigenvalue weighted by atomic mass is 32.1. The van der Waals surface area contributed by atoms with Crippen LogP contribution in [-0.4, -0.2) is 67.4 Å². The number of benzene rings is 1. The zero-order chi connectivity index (χ0) is 19.5. The first kappa shape index (κ1) is 22.1. The molecule has 3 heterocycles. The van der Waals surface area contributed by atoms with Crippen LogP contribution in [0.25, 0.3) is 0 Å². The molecule has 162 valence electrons. The number of amides is 1. The van der Waals surface area contributed by atoms with E-state index < -0.39 is 0 Å². The summed E-state index contributed by atoms with van der Waals surface area (Å²) >= 11 is 0. The molecule has 3 aliphatic rings. The van der Waals surface area contributed by atoms with Gasteiger partial charge < -0.3 is 19.1 Å². The Labute approximate surface area is 180 Å². The van der Waals surface area contributed by atoms with Gasteiger partial charge in [0, 0.05) is 13.1 Å². The van der Waals surface area contributed by atoms with Crippen molar-refractivity contribution in [2.75, 3.05) is 39.4 Å². The van der Waals surface area contributed by atoms with Crippen molar-refractivity contribution in [3.8, 4) is 11.5 Å². The molecule has 3 aliphatic heterocycles. The minimum absolute atomic E-state index is 0. The number of carbonyl (C=O) groups excluding carboxylic acids is 1. The minimum Gasteiger partial charge on any atom is -0.486 e. The molecule has 1 aromatic carbocycles. The second kappa shape index (κ2) is 9.94. The molecule has 2 atom stereocenters. The fraction of sp³-hybridized carbons (Fsp3) is 0.682. The summed E-state index contributed by atoms with van der Waals surface area (Å²) in [5.41, 5.74) is 0. The molecule has 2 fully saturated rings. The number of ether oxygens (including phenoxy) is 3. The highest BCUT2D eigenvalue weighted by Gasteiger charge is 2.35. The third-order valence-corrected chi connectivity index (χ3v) is 6.30. The summed E-state index contributed by atoms with van der Waals surface area (Å²) in [5.74, 6) is 2.82. The van der Waals surface area contributed by atoms with E-state index in [1.54, 1.807) is 0 Å². The Balaban J connectivity index is 0.00000240. The summed E-state index contributed by atoms with van der Waals surface area (Å²) in [4.78, 5) is 16.4. The lowest BCUT2D eigenvalue weighted by Gasteiger charge is -2.36. The molecule has 0 unspecified atom stereocenters. The SMILES string of the molecule is CC(C)[C@H]1COC(=O)N1CCC1CCN(C[C@H]2COc3ccccc3O2)CC1.S. The summed E-state index contributed by atoms with van der Waals surface area (Å²) in [7, 11) is 0. The van der Waals surface area contributed by atoms with E-state index in [0.29, 0.717) is 25.0 Å². The Morgan fingerprint density at radius 3 is 2.52 bits per heavy atom. The average Bonchev–Trinajstić information content (AvgIpc) is 3.08. The normalized spacial score (nSPS) is 25.1. The number of carbonyl (C=O) groups is 1. The number of piperidine rings is 1. The molecule has 7 heteroatoms. The largest absolute Gasteiger partial charge is 0.486 e. The number of fused-ring (bicyclic) bond motifs is 1. The zero-order valence-corrected chi connectivity index (χ0v) is 18.5. The van der Waals surface area contributed by atoms with Gasteiger partial charge in [-0.1, -0.05) is 26.0 Å². The monoisotopic (exact) mass is 422 g/mol. The predicted octanol–water partition coefficient (Wildman–Crippen LogP) is 3.52. The fourth-order valence-corrected chi connectivity index (χ4v) is 4.49. The maximum absolute atomic E-state index is 12.0. The van der Waals surface area contributed by atoms with Crippen LogP contribution in [0.2, 0.25) is 0 Å². The van der Waals surface area contributed by atoms with E-state index in [1.807, 2.05) is 29.2 Å². The lowest BCUT2D eigenvalue weighted by atomic mass is 9.92. The van der Waals surface area contributed by atoms with Gasteiger partial charge in [0.05, 0.1) is 6.04 Å². The summed E-state index contributed by atoms with van der Waals surface area (Å²) in [5, 5.41) is 0. The van der Waals surface area contributed by atoms with Gasteiger partial charge in [0.25, 0.3) is 0 Å². The van der Waals surface area contributed by atoms with Gasteiger partial charge in [-0.2, -0.15) is 13.5 Å². The molecule has 0 bridgehead atoms. The van der Waals surface area contributed by atoms with Crippen LogP contribution in [0.3, 0.4) is 0 Å². The summed E-state index contributed by atoms with van der Waals surface area (Å²) in [6.45, 7) is 9.39. The molecular weight excluding hydrogens is 388 g/mol. The van der Waals surface area contributed by atoms with Gasteiger partial charge in [0.15, 0.2) is 11.5 Å². The summed E-state index contributed by atoms with van der Waals surface area (Å²) < 4.78 is 17.2. The average molecular weight is 423 g/mol. The molecule has 4 rings (SSSR count). The molecule has 0 N–H and O–H groups in total. The van der Waals surface area contributed by atoms with Crippen molar-refractivity contribution in [2.24, 2.45) is 11.8 Å².